The maximum absolute atomic E-state index is 2.45. The number of nitrogens with zero attached hydrogens (tertiary/aromatic N) is 1. The molecule has 1 aliphatic rings. The van der Waals surface area contributed by atoms with Crippen molar-refractivity contribution in [2.45, 2.75) is 5.41 Å². The number of hydrogen-bond donors (Lipinski definition) is 0. The number of anilines is 3. The van der Waals surface area contributed by atoms with E-state index in [4.69, 9.17) is 0 Å². The second kappa shape index (κ2) is 16.0. The van der Waals surface area contributed by atoms with Crippen molar-refractivity contribution in [1.82, 2.24) is 0 Å². The standard InChI is InChI=1S/C65H43NS/c1-3-16-51(17-4-1)65(52-18-5-2-6-19-52)60-23-11-9-20-57(60)58-41-34-50(43-61(58)65)46-30-37-54(38-31-46)66(53-35-28-45(29-36-53)49-27-26-44-14-7-8-15-48(44)42-49)55-39-32-47(33-40-55)56-22-13-25-63-64(56)59-21-10-12-24-62(59)67-63/h1-43H. The van der Waals surface area contributed by atoms with Gasteiger partial charge in [-0.1, -0.05) is 200 Å². The molecule has 1 nitrogen and oxygen atoms in total. The van der Waals surface area contributed by atoms with Gasteiger partial charge in [0.05, 0.1) is 5.41 Å². The van der Waals surface area contributed by atoms with E-state index in [0.717, 1.165) is 17.1 Å². The molecule has 2 heteroatoms. The zero-order valence-corrected chi connectivity index (χ0v) is 37.5. The Morgan fingerprint density at radius 1 is 0.299 bits per heavy atom. The third-order valence-electron chi connectivity index (χ3n) is 14.0. The van der Waals surface area contributed by atoms with E-state index in [0.29, 0.717) is 0 Å². The summed E-state index contributed by atoms with van der Waals surface area (Å²) in [6.07, 6.45) is 0. The Kier molecular flexibility index (Phi) is 9.33. The van der Waals surface area contributed by atoms with Gasteiger partial charge in [0, 0.05) is 37.2 Å². The van der Waals surface area contributed by atoms with Crippen LogP contribution in [0.5, 0.6) is 0 Å². The summed E-state index contributed by atoms with van der Waals surface area (Å²) in [5.74, 6) is 0. The first-order chi connectivity index (χ1) is 33.2. The summed E-state index contributed by atoms with van der Waals surface area (Å²) in [5, 5.41) is 5.14. The maximum Gasteiger partial charge on any atom is 0.0713 e. The van der Waals surface area contributed by atoms with Crippen molar-refractivity contribution in [2.75, 3.05) is 4.90 Å². The molecule has 0 amide bonds. The predicted molar refractivity (Wildman–Crippen MR) is 285 cm³/mol. The lowest BCUT2D eigenvalue weighted by atomic mass is 9.67. The van der Waals surface area contributed by atoms with Crippen molar-refractivity contribution in [1.29, 1.82) is 0 Å². The summed E-state index contributed by atoms with van der Waals surface area (Å²) >= 11 is 1.86. The molecule has 0 spiro atoms. The average molecular weight is 870 g/mol. The molecule has 12 aromatic rings. The Hall–Kier alpha value is -8.30. The van der Waals surface area contributed by atoms with Gasteiger partial charge in [0.15, 0.2) is 0 Å². The van der Waals surface area contributed by atoms with Crippen LogP contribution < -0.4 is 4.90 Å². The van der Waals surface area contributed by atoms with Crippen LogP contribution in [0.15, 0.2) is 261 Å². The molecule has 314 valence electrons. The first kappa shape index (κ1) is 39.1. The van der Waals surface area contributed by atoms with Gasteiger partial charge in [-0.15, -0.1) is 11.3 Å². The quantitative estimate of drug-likeness (QED) is 0.147. The predicted octanol–water partition coefficient (Wildman–Crippen LogP) is 18.0. The zero-order chi connectivity index (χ0) is 44.3. The minimum atomic E-state index is -0.450. The number of hydrogen-bond acceptors (Lipinski definition) is 2. The molecule has 0 saturated heterocycles. The van der Waals surface area contributed by atoms with Gasteiger partial charge in [0.1, 0.15) is 0 Å². The zero-order valence-electron chi connectivity index (χ0n) is 36.7. The molecule has 67 heavy (non-hydrogen) atoms. The topological polar surface area (TPSA) is 3.24 Å². The Morgan fingerprint density at radius 3 is 1.48 bits per heavy atom. The highest BCUT2D eigenvalue weighted by atomic mass is 32.1. The van der Waals surface area contributed by atoms with Crippen LogP contribution in [0.3, 0.4) is 0 Å². The molecule has 0 atom stereocenters. The molecule has 1 aromatic heterocycles. The Labute approximate surface area is 395 Å². The monoisotopic (exact) mass is 869 g/mol. The van der Waals surface area contributed by atoms with Gasteiger partial charge in [-0.2, -0.15) is 0 Å². The van der Waals surface area contributed by atoms with E-state index in [1.54, 1.807) is 0 Å². The SMILES string of the molecule is c1ccc(C2(c3ccccc3)c3ccccc3-c3ccc(-c4ccc(N(c5ccc(-c6ccc7ccccc7c6)cc5)c5ccc(-c6cccc7sc8ccccc8c67)cc5)cc4)cc32)cc1. The normalized spacial score (nSPS) is 12.6. The molecule has 11 aromatic carbocycles. The molecule has 0 unspecified atom stereocenters. The summed E-state index contributed by atoms with van der Waals surface area (Å²) in [6, 6.07) is 96.2. The lowest BCUT2D eigenvalue weighted by molar-refractivity contribution is 0.769. The molecule has 1 heterocycles. The summed E-state index contributed by atoms with van der Waals surface area (Å²) in [5.41, 5.74) is 17.8. The highest BCUT2D eigenvalue weighted by molar-refractivity contribution is 7.25. The largest absolute Gasteiger partial charge is 0.311 e. The van der Waals surface area contributed by atoms with Crippen LogP contribution >= 0.6 is 11.3 Å². The molecule has 13 rings (SSSR count). The average Bonchev–Trinajstić information content (AvgIpc) is 3.94. The molecule has 0 aliphatic heterocycles. The van der Waals surface area contributed by atoms with Crippen LogP contribution in [-0.4, -0.2) is 0 Å². The first-order valence-electron chi connectivity index (χ1n) is 23.1. The molecule has 0 saturated carbocycles. The highest BCUT2D eigenvalue weighted by Crippen LogP contribution is 2.57. The molecular formula is C65H43NS. The van der Waals surface area contributed by atoms with Gasteiger partial charge in [-0.05, 0) is 138 Å². The van der Waals surface area contributed by atoms with Crippen LogP contribution in [0.1, 0.15) is 22.3 Å². The molecule has 0 N–H and O–H groups in total. The second-order valence-corrected chi connectivity index (χ2v) is 18.7. The number of thiophene rings is 1. The van der Waals surface area contributed by atoms with Gasteiger partial charge in [-0.3, -0.25) is 0 Å². The van der Waals surface area contributed by atoms with Crippen molar-refractivity contribution in [3.8, 4) is 44.5 Å². The number of rotatable bonds is 8. The van der Waals surface area contributed by atoms with Crippen molar-refractivity contribution in [2.24, 2.45) is 0 Å². The van der Waals surface area contributed by atoms with Gasteiger partial charge < -0.3 is 4.90 Å². The van der Waals surface area contributed by atoms with Gasteiger partial charge in [0.2, 0.25) is 0 Å². The minimum Gasteiger partial charge on any atom is -0.311 e. The summed E-state index contributed by atoms with van der Waals surface area (Å²) in [4.78, 5) is 2.38. The first-order valence-corrected chi connectivity index (χ1v) is 23.9. The van der Waals surface area contributed by atoms with Crippen molar-refractivity contribution in [3.05, 3.63) is 283 Å². The Morgan fingerprint density at radius 2 is 0.791 bits per heavy atom. The van der Waals surface area contributed by atoms with E-state index in [-0.39, 0.29) is 0 Å². The fourth-order valence-electron chi connectivity index (χ4n) is 10.9. The van der Waals surface area contributed by atoms with Crippen LogP contribution in [0.4, 0.5) is 17.1 Å². The maximum atomic E-state index is 2.45. The van der Waals surface area contributed by atoms with E-state index < -0.39 is 5.41 Å². The fraction of sp³-hybridized carbons (Fsp3) is 0.0154. The van der Waals surface area contributed by atoms with Crippen LogP contribution in [0, 0.1) is 0 Å². The van der Waals surface area contributed by atoms with Crippen molar-refractivity contribution >= 4 is 59.3 Å². The Bertz CT molecular complexity index is 3730. The lowest BCUT2D eigenvalue weighted by Crippen LogP contribution is -2.28. The van der Waals surface area contributed by atoms with E-state index in [1.807, 2.05) is 11.3 Å². The third-order valence-corrected chi connectivity index (χ3v) is 15.1. The Balaban J connectivity index is 0.910. The summed E-state index contributed by atoms with van der Waals surface area (Å²) < 4.78 is 2.63. The molecular weight excluding hydrogens is 827 g/mol. The third kappa shape index (κ3) is 6.44. The van der Waals surface area contributed by atoms with Crippen molar-refractivity contribution < 1.29 is 0 Å². The summed E-state index contributed by atoms with van der Waals surface area (Å²) in [7, 11) is 0. The van der Waals surface area contributed by atoms with Crippen molar-refractivity contribution in [3.63, 3.8) is 0 Å². The smallest absolute Gasteiger partial charge is 0.0713 e. The molecule has 0 radical (unpaired) electrons. The van der Waals surface area contributed by atoms with Gasteiger partial charge >= 0.3 is 0 Å². The number of benzene rings is 11. The summed E-state index contributed by atoms with van der Waals surface area (Å²) in [6.45, 7) is 0. The minimum absolute atomic E-state index is 0.450. The van der Waals surface area contributed by atoms with E-state index >= 15 is 0 Å². The van der Waals surface area contributed by atoms with E-state index in [9.17, 15) is 0 Å². The van der Waals surface area contributed by atoms with Crippen LogP contribution in [0.25, 0.3) is 75.5 Å². The van der Waals surface area contributed by atoms with Crippen LogP contribution in [-0.2, 0) is 5.41 Å². The van der Waals surface area contributed by atoms with E-state index in [2.05, 4.69) is 266 Å². The van der Waals surface area contributed by atoms with Crippen LogP contribution in [0.2, 0.25) is 0 Å². The second-order valence-electron chi connectivity index (χ2n) is 17.6. The highest BCUT2D eigenvalue weighted by Gasteiger charge is 2.46. The number of fused-ring (bicyclic) bond motifs is 7. The molecule has 1 aliphatic carbocycles. The lowest BCUT2D eigenvalue weighted by Gasteiger charge is -2.34. The van der Waals surface area contributed by atoms with Gasteiger partial charge in [-0.25, -0.2) is 0 Å². The van der Waals surface area contributed by atoms with Gasteiger partial charge in [0.25, 0.3) is 0 Å². The van der Waals surface area contributed by atoms with E-state index in [1.165, 1.54) is 97.7 Å². The fourth-order valence-corrected chi connectivity index (χ4v) is 12.0. The molecule has 0 fully saturated rings. The molecule has 0 bridgehead atoms.